The molecule has 4 aromatic rings. The van der Waals surface area contributed by atoms with Gasteiger partial charge in [-0.05, 0) is 48.0 Å². The van der Waals surface area contributed by atoms with Crippen LogP contribution in [0.4, 0.5) is 9.52 Å². The van der Waals surface area contributed by atoms with Crippen molar-refractivity contribution in [3.8, 4) is 0 Å². The van der Waals surface area contributed by atoms with Crippen molar-refractivity contribution >= 4 is 38.6 Å². The molecule has 0 aliphatic heterocycles. The van der Waals surface area contributed by atoms with E-state index in [9.17, 15) is 14.0 Å². The van der Waals surface area contributed by atoms with Crippen molar-refractivity contribution in [3.63, 3.8) is 0 Å². The van der Waals surface area contributed by atoms with Crippen LogP contribution in [0.1, 0.15) is 26.3 Å². The summed E-state index contributed by atoms with van der Waals surface area (Å²) in [6, 6.07) is 20.2. The van der Waals surface area contributed by atoms with Gasteiger partial charge in [-0.25, -0.2) is 14.2 Å². The third kappa shape index (κ3) is 4.06. The summed E-state index contributed by atoms with van der Waals surface area (Å²) in [4.78, 5) is 31.1. The van der Waals surface area contributed by atoms with Crippen LogP contribution < -0.4 is 4.90 Å². The first kappa shape index (κ1) is 19.7. The van der Waals surface area contributed by atoms with E-state index in [-0.39, 0.29) is 11.7 Å². The molecule has 1 amide bonds. The summed E-state index contributed by atoms with van der Waals surface area (Å²) in [6.45, 7) is 0.306. The maximum Gasteiger partial charge on any atom is 0.337 e. The lowest BCUT2D eigenvalue weighted by Gasteiger charge is -2.20. The van der Waals surface area contributed by atoms with Crippen LogP contribution in [0.15, 0.2) is 72.8 Å². The summed E-state index contributed by atoms with van der Waals surface area (Å²) in [5, 5.41) is 0.474. The lowest BCUT2D eigenvalue weighted by molar-refractivity contribution is 0.0600. The Hall–Kier alpha value is -3.58. The van der Waals surface area contributed by atoms with Crippen LogP contribution in [0.25, 0.3) is 10.2 Å². The van der Waals surface area contributed by atoms with Gasteiger partial charge in [-0.15, -0.1) is 0 Å². The van der Waals surface area contributed by atoms with Crippen LogP contribution in [0.5, 0.6) is 0 Å². The molecule has 0 bridgehead atoms. The molecular formula is C23H17FN2O3S. The maximum atomic E-state index is 13.6. The van der Waals surface area contributed by atoms with Gasteiger partial charge in [0.2, 0.25) is 0 Å². The predicted octanol–water partition coefficient (Wildman–Crippen LogP) is 5.07. The molecule has 0 aliphatic rings. The minimum Gasteiger partial charge on any atom is -0.465 e. The van der Waals surface area contributed by atoms with E-state index < -0.39 is 5.97 Å². The Balaban J connectivity index is 1.72. The molecule has 30 heavy (non-hydrogen) atoms. The summed E-state index contributed by atoms with van der Waals surface area (Å²) in [6.07, 6.45) is 0. The van der Waals surface area contributed by atoms with E-state index in [1.807, 2.05) is 30.3 Å². The van der Waals surface area contributed by atoms with Gasteiger partial charge in [-0.3, -0.25) is 9.69 Å². The molecule has 0 aliphatic carbocycles. The van der Waals surface area contributed by atoms with Gasteiger partial charge in [-0.1, -0.05) is 41.7 Å². The summed E-state index contributed by atoms with van der Waals surface area (Å²) in [5.74, 6) is -1.09. The number of nitrogens with zero attached hydrogens (tertiary/aromatic N) is 2. The maximum absolute atomic E-state index is 13.6. The molecule has 0 fully saturated rings. The number of rotatable bonds is 5. The monoisotopic (exact) mass is 420 g/mol. The number of esters is 1. The Labute approximate surface area is 176 Å². The Morgan fingerprint density at radius 2 is 1.70 bits per heavy atom. The number of methoxy groups -OCH3 is 1. The number of carbonyl (C=O) groups is 2. The highest BCUT2D eigenvalue weighted by atomic mass is 32.1. The summed E-state index contributed by atoms with van der Waals surface area (Å²) in [5.41, 5.74) is 2.33. The number of hydrogen-bond acceptors (Lipinski definition) is 5. The van der Waals surface area contributed by atoms with Crippen LogP contribution in [-0.2, 0) is 11.3 Å². The standard InChI is InChI=1S/C23H17FN2O3S/c1-29-22(28)17-9-7-16(8-10-17)21(27)26(14-15-5-3-2-4-6-15)23-25-19-12-11-18(24)13-20(19)30-23/h2-13H,14H2,1H3. The van der Waals surface area contributed by atoms with Crippen molar-refractivity contribution in [2.24, 2.45) is 0 Å². The van der Waals surface area contributed by atoms with Gasteiger partial charge < -0.3 is 4.74 Å². The van der Waals surface area contributed by atoms with Crippen LogP contribution in [0, 0.1) is 5.82 Å². The third-order valence-electron chi connectivity index (χ3n) is 4.55. The first-order chi connectivity index (χ1) is 14.5. The van der Waals surface area contributed by atoms with Gasteiger partial charge in [0, 0.05) is 5.56 Å². The zero-order valence-corrected chi connectivity index (χ0v) is 16.9. The smallest absolute Gasteiger partial charge is 0.337 e. The predicted molar refractivity (Wildman–Crippen MR) is 114 cm³/mol. The molecule has 7 heteroatoms. The van der Waals surface area contributed by atoms with Gasteiger partial charge in [-0.2, -0.15) is 0 Å². The fraction of sp³-hybridized carbons (Fsp3) is 0.0870. The minimum absolute atomic E-state index is 0.269. The van der Waals surface area contributed by atoms with E-state index in [2.05, 4.69) is 4.98 Å². The SMILES string of the molecule is COC(=O)c1ccc(C(=O)N(Cc2ccccc2)c2nc3ccc(F)cc3s2)cc1. The zero-order valence-electron chi connectivity index (χ0n) is 16.0. The summed E-state index contributed by atoms with van der Waals surface area (Å²) >= 11 is 1.25. The molecule has 0 saturated carbocycles. The van der Waals surface area contributed by atoms with E-state index in [4.69, 9.17) is 4.74 Å². The van der Waals surface area contributed by atoms with Crippen LogP contribution in [0.3, 0.4) is 0 Å². The highest BCUT2D eigenvalue weighted by molar-refractivity contribution is 7.22. The first-order valence-corrected chi connectivity index (χ1v) is 9.97. The Morgan fingerprint density at radius 1 is 1.00 bits per heavy atom. The van der Waals surface area contributed by atoms with Crippen molar-refractivity contribution < 1.29 is 18.7 Å². The first-order valence-electron chi connectivity index (χ1n) is 9.15. The number of aromatic nitrogens is 1. The molecule has 0 N–H and O–H groups in total. The fourth-order valence-corrected chi connectivity index (χ4v) is 4.00. The quantitative estimate of drug-likeness (QED) is 0.423. The molecule has 1 heterocycles. The number of halogens is 1. The van der Waals surface area contributed by atoms with Crippen molar-refractivity contribution in [3.05, 3.63) is 95.3 Å². The minimum atomic E-state index is -0.469. The molecule has 5 nitrogen and oxygen atoms in total. The van der Waals surface area contributed by atoms with Crippen molar-refractivity contribution in [2.45, 2.75) is 6.54 Å². The molecule has 1 aromatic heterocycles. The highest BCUT2D eigenvalue weighted by Crippen LogP contribution is 2.31. The van der Waals surface area contributed by atoms with E-state index in [0.29, 0.717) is 33.0 Å². The topological polar surface area (TPSA) is 59.5 Å². The average molecular weight is 420 g/mol. The van der Waals surface area contributed by atoms with Gasteiger partial charge in [0.05, 0.1) is 29.4 Å². The zero-order chi connectivity index (χ0) is 21.1. The Bertz CT molecular complexity index is 1210. The largest absolute Gasteiger partial charge is 0.465 e. The normalized spacial score (nSPS) is 10.7. The van der Waals surface area contributed by atoms with Crippen molar-refractivity contribution in [2.75, 3.05) is 12.0 Å². The number of ether oxygens (including phenoxy) is 1. The lowest BCUT2D eigenvalue weighted by Crippen LogP contribution is -2.30. The van der Waals surface area contributed by atoms with E-state index in [0.717, 1.165) is 5.56 Å². The highest BCUT2D eigenvalue weighted by Gasteiger charge is 2.22. The molecule has 0 spiro atoms. The number of carbonyl (C=O) groups excluding carboxylic acids is 2. The number of thiazole rings is 1. The molecule has 0 saturated heterocycles. The third-order valence-corrected chi connectivity index (χ3v) is 5.59. The van der Waals surface area contributed by atoms with Crippen LogP contribution >= 0.6 is 11.3 Å². The number of fused-ring (bicyclic) bond motifs is 1. The molecule has 0 radical (unpaired) electrons. The van der Waals surface area contributed by atoms with Crippen molar-refractivity contribution in [1.82, 2.24) is 4.98 Å². The van der Waals surface area contributed by atoms with Crippen molar-refractivity contribution in [1.29, 1.82) is 0 Å². The summed E-state index contributed by atoms with van der Waals surface area (Å²) < 4.78 is 19.0. The second kappa shape index (κ2) is 8.42. The lowest BCUT2D eigenvalue weighted by atomic mass is 10.1. The molecule has 0 unspecified atom stereocenters. The van der Waals surface area contributed by atoms with Gasteiger partial charge in [0.1, 0.15) is 5.82 Å². The number of hydrogen-bond donors (Lipinski definition) is 0. The molecule has 150 valence electrons. The Morgan fingerprint density at radius 3 is 2.40 bits per heavy atom. The van der Waals surface area contributed by atoms with Crippen LogP contribution in [0.2, 0.25) is 0 Å². The van der Waals surface area contributed by atoms with Crippen LogP contribution in [-0.4, -0.2) is 24.0 Å². The number of anilines is 1. The van der Waals surface area contributed by atoms with Gasteiger partial charge in [0.15, 0.2) is 5.13 Å². The Kier molecular flexibility index (Phi) is 5.54. The number of amides is 1. The molecule has 0 atom stereocenters. The van der Waals surface area contributed by atoms with Gasteiger partial charge >= 0.3 is 5.97 Å². The molecule has 4 rings (SSSR count). The number of benzene rings is 3. The molecular weight excluding hydrogens is 403 g/mol. The molecule has 3 aromatic carbocycles. The van der Waals surface area contributed by atoms with E-state index in [1.54, 1.807) is 35.2 Å². The summed E-state index contributed by atoms with van der Waals surface area (Å²) in [7, 11) is 1.30. The van der Waals surface area contributed by atoms with E-state index >= 15 is 0 Å². The fourth-order valence-electron chi connectivity index (χ4n) is 3.02. The van der Waals surface area contributed by atoms with E-state index in [1.165, 1.54) is 30.6 Å². The average Bonchev–Trinajstić information content (AvgIpc) is 3.20. The second-order valence-electron chi connectivity index (χ2n) is 6.55. The second-order valence-corrected chi connectivity index (χ2v) is 7.56. The van der Waals surface area contributed by atoms with Gasteiger partial charge in [0.25, 0.3) is 5.91 Å².